The molecular formula is C10H17N. The SMILES string of the molecule is C=N/C=C(C)\C=C(/C)C(C)C. The second-order valence-corrected chi connectivity index (χ2v) is 3.10. The maximum atomic E-state index is 3.69. The second kappa shape index (κ2) is 4.89. The van der Waals surface area contributed by atoms with Gasteiger partial charge in [0, 0.05) is 6.20 Å². The van der Waals surface area contributed by atoms with E-state index in [0.29, 0.717) is 5.92 Å². The minimum atomic E-state index is 0.614. The van der Waals surface area contributed by atoms with Gasteiger partial charge in [-0.3, -0.25) is 4.99 Å². The van der Waals surface area contributed by atoms with Crippen molar-refractivity contribution in [2.75, 3.05) is 0 Å². The van der Waals surface area contributed by atoms with Crippen LogP contribution < -0.4 is 0 Å². The summed E-state index contributed by atoms with van der Waals surface area (Å²) in [5.74, 6) is 0.614. The molecule has 1 nitrogen and oxygen atoms in total. The van der Waals surface area contributed by atoms with Crippen LogP contribution in [0, 0.1) is 5.92 Å². The lowest BCUT2D eigenvalue weighted by molar-refractivity contribution is 0.768. The highest BCUT2D eigenvalue weighted by Crippen LogP contribution is 2.10. The van der Waals surface area contributed by atoms with E-state index in [1.165, 1.54) is 5.57 Å². The molecule has 0 atom stereocenters. The monoisotopic (exact) mass is 151 g/mol. The zero-order chi connectivity index (χ0) is 8.85. The van der Waals surface area contributed by atoms with Crippen molar-refractivity contribution in [1.29, 1.82) is 0 Å². The van der Waals surface area contributed by atoms with Gasteiger partial charge in [0.05, 0.1) is 0 Å². The molecule has 0 spiro atoms. The van der Waals surface area contributed by atoms with Crippen molar-refractivity contribution in [3.8, 4) is 0 Å². The van der Waals surface area contributed by atoms with E-state index in [9.17, 15) is 0 Å². The highest BCUT2D eigenvalue weighted by Gasteiger charge is 1.94. The summed E-state index contributed by atoms with van der Waals surface area (Å²) in [6.45, 7) is 11.9. The van der Waals surface area contributed by atoms with Crippen molar-refractivity contribution in [2.45, 2.75) is 27.7 Å². The molecule has 0 amide bonds. The van der Waals surface area contributed by atoms with E-state index in [2.05, 4.69) is 38.6 Å². The molecule has 0 aliphatic heterocycles. The molecule has 0 radical (unpaired) electrons. The minimum absolute atomic E-state index is 0.614. The third-order valence-corrected chi connectivity index (χ3v) is 1.66. The normalized spacial score (nSPS) is 13.9. The number of allylic oxidation sites excluding steroid dienone is 3. The van der Waals surface area contributed by atoms with E-state index in [1.54, 1.807) is 6.20 Å². The van der Waals surface area contributed by atoms with Gasteiger partial charge >= 0.3 is 0 Å². The Morgan fingerprint density at radius 3 is 2.27 bits per heavy atom. The first-order chi connectivity index (χ1) is 5.07. The Morgan fingerprint density at radius 2 is 1.91 bits per heavy atom. The summed E-state index contributed by atoms with van der Waals surface area (Å²) in [5, 5.41) is 0. The molecule has 0 saturated carbocycles. The molecule has 0 aromatic rings. The highest BCUT2D eigenvalue weighted by atomic mass is 14.6. The Morgan fingerprint density at radius 1 is 1.36 bits per heavy atom. The van der Waals surface area contributed by atoms with Crippen LogP contribution >= 0.6 is 0 Å². The Hall–Kier alpha value is -0.850. The maximum Gasteiger partial charge on any atom is 0.0289 e. The van der Waals surface area contributed by atoms with E-state index in [4.69, 9.17) is 0 Å². The van der Waals surface area contributed by atoms with Crippen molar-refractivity contribution < 1.29 is 0 Å². The van der Waals surface area contributed by atoms with Crippen LogP contribution in [0.3, 0.4) is 0 Å². The predicted molar refractivity (Wildman–Crippen MR) is 51.9 cm³/mol. The molecule has 0 fully saturated rings. The summed E-state index contributed by atoms with van der Waals surface area (Å²) in [4.78, 5) is 3.69. The Kier molecular flexibility index (Phi) is 4.51. The molecule has 0 aromatic carbocycles. The molecule has 0 aliphatic rings. The molecule has 11 heavy (non-hydrogen) atoms. The van der Waals surface area contributed by atoms with Gasteiger partial charge in [-0.2, -0.15) is 0 Å². The van der Waals surface area contributed by atoms with Crippen molar-refractivity contribution >= 4 is 6.72 Å². The van der Waals surface area contributed by atoms with Gasteiger partial charge in [0.2, 0.25) is 0 Å². The third-order valence-electron chi connectivity index (χ3n) is 1.66. The summed E-state index contributed by atoms with van der Waals surface area (Å²) in [6, 6.07) is 0. The first-order valence-corrected chi connectivity index (χ1v) is 3.88. The lowest BCUT2D eigenvalue weighted by Crippen LogP contribution is -1.88. The van der Waals surface area contributed by atoms with Gasteiger partial charge in [0.1, 0.15) is 0 Å². The van der Waals surface area contributed by atoms with Crippen LogP contribution in [-0.2, 0) is 0 Å². The number of hydrogen-bond acceptors (Lipinski definition) is 1. The van der Waals surface area contributed by atoms with Gasteiger partial charge in [0.15, 0.2) is 0 Å². The van der Waals surface area contributed by atoms with Crippen molar-refractivity contribution in [3.05, 3.63) is 23.4 Å². The van der Waals surface area contributed by atoms with Crippen LogP contribution in [0.25, 0.3) is 0 Å². The van der Waals surface area contributed by atoms with E-state index in [0.717, 1.165) is 5.57 Å². The molecule has 1 heteroatoms. The summed E-state index contributed by atoms with van der Waals surface area (Å²) < 4.78 is 0. The van der Waals surface area contributed by atoms with Crippen LogP contribution in [0.5, 0.6) is 0 Å². The van der Waals surface area contributed by atoms with Gasteiger partial charge < -0.3 is 0 Å². The lowest BCUT2D eigenvalue weighted by Gasteiger charge is -2.03. The molecule has 0 heterocycles. The van der Waals surface area contributed by atoms with Gasteiger partial charge in [-0.1, -0.05) is 25.5 Å². The Labute approximate surface area is 69.5 Å². The lowest BCUT2D eigenvalue weighted by atomic mass is 10.0. The number of hydrogen-bond donors (Lipinski definition) is 0. The maximum absolute atomic E-state index is 3.69. The molecule has 0 aliphatic carbocycles. The van der Waals surface area contributed by atoms with Crippen molar-refractivity contribution in [1.82, 2.24) is 0 Å². The van der Waals surface area contributed by atoms with Crippen LogP contribution in [0.4, 0.5) is 0 Å². The number of aliphatic imine (C=N–C) groups is 1. The third kappa shape index (κ3) is 4.54. The van der Waals surface area contributed by atoms with E-state index < -0.39 is 0 Å². The van der Waals surface area contributed by atoms with Gasteiger partial charge in [-0.05, 0) is 32.1 Å². The van der Waals surface area contributed by atoms with Crippen LogP contribution in [0.1, 0.15) is 27.7 Å². The Bertz CT molecular complexity index is 185. The smallest absolute Gasteiger partial charge is 0.0289 e. The molecule has 0 N–H and O–H groups in total. The standard InChI is InChI=1S/C10H17N/c1-8(2)10(4)6-9(3)7-11-5/h6-8H,5H2,1-4H3/b9-7-,10-6+. The zero-order valence-electron chi connectivity index (χ0n) is 7.89. The first kappa shape index (κ1) is 10.2. The van der Waals surface area contributed by atoms with E-state index >= 15 is 0 Å². The fourth-order valence-electron chi connectivity index (χ4n) is 0.707. The summed E-state index contributed by atoms with van der Waals surface area (Å²) >= 11 is 0. The van der Waals surface area contributed by atoms with Crippen molar-refractivity contribution in [3.63, 3.8) is 0 Å². The second-order valence-electron chi connectivity index (χ2n) is 3.10. The molecular weight excluding hydrogens is 134 g/mol. The van der Waals surface area contributed by atoms with Crippen LogP contribution in [-0.4, -0.2) is 6.72 Å². The molecule has 0 bridgehead atoms. The number of nitrogens with zero attached hydrogens (tertiary/aromatic N) is 1. The molecule has 0 aromatic heterocycles. The molecule has 62 valence electrons. The van der Waals surface area contributed by atoms with E-state index in [1.807, 2.05) is 6.92 Å². The van der Waals surface area contributed by atoms with Gasteiger partial charge in [-0.15, -0.1) is 0 Å². The topological polar surface area (TPSA) is 12.4 Å². The number of rotatable bonds is 3. The molecule has 0 saturated heterocycles. The quantitative estimate of drug-likeness (QED) is 0.434. The zero-order valence-corrected chi connectivity index (χ0v) is 7.89. The predicted octanol–water partition coefficient (Wildman–Crippen LogP) is 3.19. The van der Waals surface area contributed by atoms with Gasteiger partial charge in [0.25, 0.3) is 0 Å². The van der Waals surface area contributed by atoms with Gasteiger partial charge in [-0.25, -0.2) is 0 Å². The largest absolute Gasteiger partial charge is 0.272 e. The average Bonchev–Trinajstić information content (AvgIpc) is 1.87. The highest BCUT2D eigenvalue weighted by molar-refractivity contribution is 5.29. The van der Waals surface area contributed by atoms with E-state index in [-0.39, 0.29) is 0 Å². The summed E-state index contributed by atoms with van der Waals surface area (Å²) in [7, 11) is 0. The van der Waals surface area contributed by atoms with Crippen molar-refractivity contribution in [2.24, 2.45) is 10.9 Å². The molecule has 0 rings (SSSR count). The Balaban J connectivity index is 4.30. The summed E-state index contributed by atoms with van der Waals surface area (Å²) in [5.41, 5.74) is 2.54. The average molecular weight is 151 g/mol. The fraction of sp³-hybridized carbons (Fsp3) is 0.500. The minimum Gasteiger partial charge on any atom is -0.272 e. The van der Waals surface area contributed by atoms with Crippen LogP contribution in [0.2, 0.25) is 0 Å². The molecule has 0 unspecified atom stereocenters. The summed E-state index contributed by atoms with van der Waals surface area (Å²) in [6.07, 6.45) is 3.91. The first-order valence-electron chi connectivity index (χ1n) is 3.88. The van der Waals surface area contributed by atoms with Crippen LogP contribution in [0.15, 0.2) is 28.4 Å². The fourth-order valence-corrected chi connectivity index (χ4v) is 0.707.